The molecule has 390 valence electrons. The molecule has 0 bridgehead atoms. The molecule has 0 aliphatic heterocycles. The van der Waals surface area contributed by atoms with Gasteiger partial charge in [0.25, 0.3) is 0 Å². The maximum atomic E-state index is 2.59. The van der Waals surface area contributed by atoms with Crippen LogP contribution in [0.3, 0.4) is 0 Å². The maximum absolute atomic E-state index is 2.59. The molecule has 0 saturated carbocycles. The van der Waals surface area contributed by atoms with Gasteiger partial charge < -0.3 is 18.6 Å². The predicted molar refractivity (Wildman–Crippen MR) is 339 cm³/mol. The second-order valence-corrected chi connectivity index (χ2v) is 24.6. The Morgan fingerprint density at radius 1 is 0.282 bits per heavy atom. The molecule has 0 aliphatic carbocycles. The first kappa shape index (κ1) is 49.7. The van der Waals surface area contributed by atoms with Gasteiger partial charge in [-0.25, -0.2) is 0 Å². The molecule has 4 nitrogen and oxygen atoms in total. The average molecular weight is 1020 g/mol. The number of hydrogen-bond donors (Lipinski definition) is 0. The normalized spacial score (nSPS) is 12.6. The van der Waals surface area contributed by atoms with E-state index in [2.05, 4.69) is 263 Å². The molecule has 0 unspecified atom stereocenters. The topological polar surface area (TPSA) is 15.3 Å². The summed E-state index contributed by atoms with van der Waals surface area (Å²) in [6.45, 7) is 36.9. The van der Waals surface area contributed by atoms with Crippen LogP contribution in [0.15, 0.2) is 133 Å². The first-order valence-corrected chi connectivity index (χ1v) is 28.7. The minimum absolute atomic E-state index is 0.437. The van der Waals surface area contributed by atoms with E-state index in [1.54, 1.807) is 0 Å². The lowest BCUT2D eigenvalue weighted by Gasteiger charge is -2.30. The van der Waals surface area contributed by atoms with Crippen molar-refractivity contribution in [2.24, 2.45) is 0 Å². The summed E-state index contributed by atoms with van der Waals surface area (Å²) in [5.74, 6) is 1.75. The molecule has 0 saturated heterocycles. The molecule has 0 N–H and O–H groups in total. The van der Waals surface area contributed by atoms with E-state index in [1.165, 1.54) is 177 Å². The van der Waals surface area contributed by atoms with Crippen LogP contribution < -0.4 is 9.80 Å². The van der Waals surface area contributed by atoms with E-state index < -0.39 is 0 Å². The largest absolute Gasteiger partial charge is 0.310 e. The third-order valence-corrected chi connectivity index (χ3v) is 17.9. The van der Waals surface area contributed by atoms with Crippen molar-refractivity contribution in [3.63, 3.8) is 0 Å². The minimum atomic E-state index is 0.437. The van der Waals surface area contributed by atoms with Gasteiger partial charge in [-0.1, -0.05) is 104 Å². The number of nitrogens with zero attached hydrogens (tertiary/aromatic N) is 4. The van der Waals surface area contributed by atoms with E-state index in [-0.39, 0.29) is 0 Å². The van der Waals surface area contributed by atoms with E-state index in [0.717, 1.165) is 0 Å². The zero-order valence-corrected chi connectivity index (χ0v) is 48.8. The van der Waals surface area contributed by atoms with Gasteiger partial charge in [0.05, 0.1) is 44.5 Å². The van der Waals surface area contributed by atoms with Gasteiger partial charge in [0, 0.05) is 65.8 Å². The quantitative estimate of drug-likeness (QED) is 0.136. The Morgan fingerprint density at radius 3 is 0.821 bits per heavy atom. The summed E-state index contributed by atoms with van der Waals surface area (Å²) in [4.78, 5) is 5.13. The molecule has 4 heterocycles. The lowest BCUT2D eigenvalue weighted by molar-refractivity contribution is 0.844. The van der Waals surface area contributed by atoms with Crippen LogP contribution in [-0.4, -0.2) is 8.80 Å². The average Bonchev–Trinajstić information content (AvgIpc) is 4.28. The molecular formula is C74H74N4. The molecule has 9 aromatic carbocycles. The maximum Gasteiger partial charge on any atom is 0.0641 e. The molecule has 13 aromatic rings. The van der Waals surface area contributed by atoms with Gasteiger partial charge >= 0.3 is 0 Å². The summed E-state index contributed by atoms with van der Waals surface area (Å²) in [6, 6.07) is 52.4. The second-order valence-electron chi connectivity index (χ2n) is 24.6. The van der Waals surface area contributed by atoms with Crippen molar-refractivity contribution >= 4 is 110 Å². The van der Waals surface area contributed by atoms with Crippen LogP contribution in [0.5, 0.6) is 0 Å². The first-order chi connectivity index (χ1) is 37.3. The number of anilines is 6. The summed E-state index contributed by atoms with van der Waals surface area (Å²) in [6.07, 6.45) is 0. The molecule has 0 atom stereocenters. The van der Waals surface area contributed by atoms with E-state index in [9.17, 15) is 0 Å². The van der Waals surface area contributed by atoms with Crippen LogP contribution in [0.1, 0.15) is 146 Å². The highest BCUT2D eigenvalue weighted by molar-refractivity contribution is 6.32. The van der Waals surface area contributed by atoms with Gasteiger partial charge in [0.2, 0.25) is 0 Å². The highest BCUT2D eigenvalue weighted by atomic mass is 15.2. The molecule has 78 heavy (non-hydrogen) atoms. The monoisotopic (exact) mass is 1020 g/mol. The SMILES string of the molecule is Cc1cc(N(c2cc(C)c(C(C)C)c(C)c2)c2ccc3c4cc5c(cc4n4c6ccccc6c2c34)c2ccc(N(c3cc(C)c(C(C)C)c(C)c3)c3cc(C)c(C(C)C)c(C)c3)c3c4ccccc4n5c23)cc(C)c1C(C)C. The number of aromatic nitrogens is 2. The lowest BCUT2D eigenvalue weighted by atomic mass is 9.91. The minimum Gasteiger partial charge on any atom is -0.310 e. The van der Waals surface area contributed by atoms with Crippen molar-refractivity contribution in [1.29, 1.82) is 0 Å². The van der Waals surface area contributed by atoms with E-state index in [1.807, 2.05) is 0 Å². The standard InChI is InChI=1S/C74H74N4/c1-39(2)67-43(9)29-51(30-44(67)10)75(52-31-45(11)68(40(3)4)46(12)32-52)63-27-25-55-59-37-66-60(38-65(59)77-61-23-19-17-21-57(61)71(63)73(55)77)56-26-28-64(72-58-22-18-20-24-62(58)78(66)74(56)72)76(53-33-47(13)69(41(5)6)48(14)34-53)54-35-49(15)70(42(7)8)50(16)36-54/h17-42H,1-16H3. The van der Waals surface area contributed by atoms with Crippen LogP contribution in [-0.2, 0) is 0 Å². The fourth-order valence-corrected chi connectivity index (χ4v) is 15.7. The Bertz CT molecular complexity index is 4090. The van der Waals surface area contributed by atoms with E-state index in [4.69, 9.17) is 0 Å². The van der Waals surface area contributed by atoms with Gasteiger partial charge in [-0.05, 0) is 231 Å². The summed E-state index contributed by atoms with van der Waals surface area (Å²) < 4.78 is 5.17. The Labute approximate surface area is 461 Å². The molecule has 0 fully saturated rings. The van der Waals surface area contributed by atoms with E-state index >= 15 is 0 Å². The number of aryl methyl sites for hydroxylation is 8. The van der Waals surface area contributed by atoms with Gasteiger partial charge in [-0.15, -0.1) is 0 Å². The Hall–Kier alpha value is -7.82. The summed E-state index contributed by atoms with van der Waals surface area (Å²) in [7, 11) is 0. The molecule has 0 spiro atoms. The summed E-state index contributed by atoms with van der Waals surface area (Å²) >= 11 is 0. The van der Waals surface area contributed by atoms with Crippen molar-refractivity contribution in [2.45, 2.75) is 134 Å². The van der Waals surface area contributed by atoms with Crippen LogP contribution in [0, 0.1) is 55.4 Å². The number of fused-ring (bicyclic) bond motifs is 12. The molecule has 0 radical (unpaired) electrons. The van der Waals surface area contributed by atoms with Crippen LogP contribution >= 0.6 is 0 Å². The van der Waals surface area contributed by atoms with Crippen molar-refractivity contribution in [2.75, 3.05) is 9.80 Å². The van der Waals surface area contributed by atoms with Gasteiger partial charge in [0.15, 0.2) is 0 Å². The molecular weight excluding hydrogens is 945 g/mol. The van der Waals surface area contributed by atoms with Gasteiger partial charge in [-0.3, -0.25) is 0 Å². The fourth-order valence-electron chi connectivity index (χ4n) is 15.7. The third-order valence-electron chi connectivity index (χ3n) is 17.9. The Morgan fingerprint density at radius 2 is 0.551 bits per heavy atom. The zero-order chi connectivity index (χ0) is 54.7. The van der Waals surface area contributed by atoms with Crippen LogP contribution in [0.25, 0.3) is 76.2 Å². The van der Waals surface area contributed by atoms with Crippen molar-refractivity contribution in [3.05, 3.63) is 200 Å². The van der Waals surface area contributed by atoms with Gasteiger partial charge in [-0.2, -0.15) is 0 Å². The molecule has 13 rings (SSSR count). The lowest BCUT2D eigenvalue weighted by Crippen LogP contribution is -2.13. The van der Waals surface area contributed by atoms with Crippen molar-refractivity contribution in [1.82, 2.24) is 8.80 Å². The number of hydrogen-bond acceptors (Lipinski definition) is 2. The predicted octanol–water partition coefficient (Wildman–Crippen LogP) is 21.9. The Balaban J connectivity index is 1.10. The summed E-state index contributed by atoms with van der Waals surface area (Å²) in [5.41, 5.74) is 31.1. The smallest absolute Gasteiger partial charge is 0.0641 e. The first-order valence-electron chi connectivity index (χ1n) is 28.7. The fraction of sp³-hybridized carbons (Fsp3) is 0.270. The number of rotatable bonds is 10. The number of para-hydroxylation sites is 2. The van der Waals surface area contributed by atoms with Gasteiger partial charge in [0.1, 0.15) is 0 Å². The van der Waals surface area contributed by atoms with Crippen molar-refractivity contribution in [3.8, 4) is 0 Å². The van der Waals surface area contributed by atoms with E-state index in [0.29, 0.717) is 23.7 Å². The highest BCUT2D eigenvalue weighted by Crippen LogP contribution is 2.52. The molecule has 4 heteroatoms. The second kappa shape index (κ2) is 17.9. The highest BCUT2D eigenvalue weighted by Gasteiger charge is 2.30. The van der Waals surface area contributed by atoms with Crippen molar-refractivity contribution < 1.29 is 0 Å². The Kier molecular flexibility index (Phi) is 11.4. The molecule has 0 amide bonds. The zero-order valence-electron chi connectivity index (χ0n) is 48.8. The summed E-state index contributed by atoms with van der Waals surface area (Å²) in [5, 5.41) is 10.2. The van der Waals surface area contributed by atoms with Crippen LogP contribution in [0.2, 0.25) is 0 Å². The third kappa shape index (κ3) is 7.10. The molecule has 4 aromatic heterocycles. The number of benzene rings is 9. The van der Waals surface area contributed by atoms with Crippen LogP contribution in [0.4, 0.5) is 34.1 Å². The molecule has 0 aliphatic rings.